The first-order valence-corrected chi connectivity index (χ1v) is 36.9. The van der Waals surface area contributed by atoms with Gasteiger partial charge in [0.1, 0.15) is 60.6 Å². The molecule has 5 aromatic rings. The molecule has 1 aliphatic heterocycles. The second-order valence-corrected chi connectivity index (χ2v) is 28.7. The zero-order valence-electron chi connectivity index (χ0n) is 61.0. The number of carbonyl (C=O) groups excluding carboxylic acids is 15. The maximum Gasteiger partial charge on any atom is 0.245 e. The summed E-state index contributed by atoms with van der Waals surface area (Å²) in [7, 11) is 5.93. The van der Waals surface area contributed by atoms with Gasteiger partial charge < -0.3 is 99.9 Å². The zero-order chi connectivity index (χ0) is 79.9. The summed E-state index contributed by atoms with van der Waals surface area (Å²) < 4.78 is 3.47. The molecule has 4 heterocycles. The zero-order valence-corrected chi connectivity index (χ0v) is 62.6. The molecule has 1 saturated heterocycles. The van der Waals surface area contributed by atoms with Gasteiger partial charge in [0.05, 0.1) is 42.7 Å². The first-order valence-electron chi connectivity index (χ1n) is 35.3. The summed E-state index contributed by atoms with van der Waals surface area (Å²) in [6, 6.07) is 1.03. The van der Waals surface area contributed by atoms with Crippen LogP contribution in [0.5, 0.6) is 0 Å². The lowest BCUT2D eigenvalue weighted by molar-refractivity contribution is -0.141. The van der Waals surface area contributed by atoms with Gasteiger partial charge in [-0.15, -0.1) is 0 Å². The van der Waals surface area contributed by atoms with Crippen LogP contribution in [0.2, 0.25) is 5.02 Å². The van der Waals surface area contributed by atoms with Crippen molar-refractivity contribution in [2.45, 2.75) is 157 Å². The van der Waals surface area contributed by atoms with Gasteiger partial charge in [-0.25, -0.2) is 0 Å². The fraction of sp³-hybridized carbons (Fsp3) is 0.493. The van der Waals surface area contributed by atoms with Crippen LogP contribution in [0, 0.1) is 5.92 Å². The summed E-state index contributed by atoms with van der Waals surface area (Å²) in [4.78, 5) is 215. The van der Waals surface area contributed by atoms with Crippen molar-refractivity contribution in [2.24, 2.45) is 42.9 Å². The topological polar surface area (TPSA) is 550 Å². The van der Waals surface area contributed by atoms with Crippen LogP contribution < -0.4 is 76.1 Å². The highest BCUT2D eigenvalue weighted by molar-refractivity contribution is 7.99. The summed E-state index contributed by atoms with van der Waals surface area (Å²) in [5, 5.41) is 49.5. The number of amides is 15. The summed E-state index contributed by atoms with van der Waals surface area (Å²) >= 11 is 7.50. The molecule has 2 aliphatic rings. The number of carbonyl (C=O) groups is 15. The van der Waals surface area contributed by atoms with Crippen LogP contribution in [0.15, 0.2) is 79.4 Å². The van der Waals surface area contributed by atoms with Crippen LogP contribution in [0.4, 0.5) is 0 Å². The smallest absolute Gasteiger partial charge is 0.245 e. The Bertz CT molecular complexity index is 4180. The van der Waals surface area contributed by atoms with Crippen LogP contribution in [0.25, 0.3) is 21.8 Å². The Balaban J connectivity index is 1.24. The van der Waals surface area contributed by atoms with Gasteiger partial charge >= 0.3 is 0 Å². The highest BCUT2D eigenvalue weighted by atomic mass is 35.5. The summed E-state index contributed by atoms with van der Waals surface area (Å²) in [6.07, 6.45) is 1.62. The van der Waals surface area contributed by atoms with E-state index in [1.807, 2.05) is 6.07 Å². The predicted octanol–water partition coefficient (Wildman–Crippen LogP) is -4.47. The van der Waals surface area contributed by atoms with E-state index in [2.05, 4.69) is 58.2 Å². The number of benzene rings is 2. The highest BCUT2D eigenvalue weighted by Gasteiger charge is 2.41. The highest BCUT2D eigenvalue weighted by Crippen LogP contribution is 2.31. The number of thioether (sulfide) groups is 1. The number of halogens is 1. The van der Waals surface area contributed by atoms with E-state index in [1.165, 1.54) is 26.5 Å². The number of para-hydroxylation sites is 2. The molecular weight excluding hydrogens is 1460 g/mol. The fourth-order valence-corrected chi connectivity index (χ4v) is 14.0. The van der Waals surface area contributed by atoms with Crippen molar-refractivity contribution < 1.29 is 82.1 Å². The van der Waals surface area contributed by atoms with Crippen molar-refractivity contribution in [3.63, 3.8) is 0 Å². The number of rotatable bonds is 19. The van der Waals surface area contributed by atoms with Crippen molar-refractivity contribution in [1.82, 2.24) is 77.1 Å². The molecule has 2 aromatic carbocycles. The first kappa shape index (κ1) is 85.5. The van der Waals surface area contributed by atoms with E-state index < -0.39 is 187 Å². The van der Waals surface area contributed by atoms with Crippen molar-refractivity contribution >= 4 is 134 Å². The SMILES string of the molecule is C[C@@H](O)[C@@H]1NC(=O)[C@H](Cc2cn(C)c3ccccc23)NC(=O)CNC(=O)[C@H](Cc2cn(C)c3c(Cl)cccc23)NC(=O)CN(C)C(=O)[C@H](CCCC(N)=O)NC(=O)[C@H](C2CCC2)NC(=O)[C@H](CC(N)=O)NC(=O)[C@H](Cc2cccnc2)N(C)C(=O)CNC(O)CSC[C@@H](C(N)=O)NC(=O)[C@H](CCCC(N)=O)NC1=O. The molecular formula is C71H96ClN19O17S. The van der Waals surface area contributed by atoms with E-state index in [9.17, 15) is 82.1 Å². The number of aryl methyl sites for hydroxylation is 2. The molecule has 1 saturated carbocycles. The van der Waals surface area contributed by atoms with Gasteiger partial charge in [-0.2, -0.15) is 11.8 Å². The van der Waals surface area contributed by atoms with Gasteiger partial charge in [0.2, 0.25) is 88.6 Å². The number of primary amides is 4. The average molecular weight is 1560 g/mol. The largest absolute Gasteiger partial charge is 0.391 e. The molecule has 1 unspecified atom stereocenters. The Morgan fingerprint density at radius 2 is 1.22 bits per heavy atom. The number of aromatic nitrogens is 3. The standard InChI is InChI=1S/C71H96ClN19O17S/c1-37(92)60-69(106)82-45(19-10-22-53(73)93)65(102)85-50(63(76)100)35-109-36-58(98)78-31-59(99)91(5)52(25-38-13-12-24-77-29-38)68(105)84-49(28-55(75)95)67(104)87-61(39-14-8-15-39)70(107)83-46(20-11-23-54(74)94)71(108)90(4)34-57(97)81-47(27-41-33-89(3)62-43(41)17-9-18-44(62)72)64(101)79-30-56(96)80-48(66(103)86-60)26-40-32-88(2)51-21-7-6-16-42(40)51/h6-7,9,12-13,16-18,21,24,29,32-33,37,39,45-50,52,58,60-61,78,92,98H,8,10-11,14-15,19-20,22-23,25-28,30-31,34-36H2,1-5H3,(H2,73,93)(H2,74,94)(H2,75,95)(H2,76,100)(H,79,101)(H,80,96)(H,81,97)(H,82,106)(H,83,107)(H,84,105)(H,85,102)(H,86,103)(H,87,104)/t37-,45+,46+,47+,48+,49+,50+,52+,58?,60+,61+/m1/s1. The quantitative estimate of drug-likeness (QED) is 0.0371. The van der Waals surface area contributed by atoms with Crippen LogP contribution in [-0.4, -0.2) is 235 Å². The summed E-state index contributed by atoms with van der Waals surface area (Å²) in [6.45, 7) is -1.11. The third kappa shape index (κ3) is 24.9. The second kappa shape index (κ2) is 40.4. The minimum Gasteiger partial charge on any atom is -0.391 e. The van der Waals surface area contributed by atoms with Crippen molar-refractivity contribution in [1.29, 1.82) is 0 Å². The maximum atomic E-state index is 14.8. The molecule has 7 rings (SSSR count). The average Bonchev–Trinajstić information content (AvgIpc) is 1.66. The Hall–Kier alpha value is -10.8. The summed E-state index contributed by atoms with van der Waals surface area (Å²) in [5.74, 6) is -15.5. The number of aliphatic hydroxyl groups excluding tert-OH is 2. The van der Waals surface area contributed by atoms with E-state index in [0.29, 0.717) is 57.3 Å². The van der Waals surface area contributed by atoms with Crippen molar-refractivity contribution in [3.05, 3.63) is 101 Å². The normalized spacial score (nSPS) is 23.7. The van der Waals surface area contributed by atoms with Gasteiger partial charge in [0.25, 0.3) is 0 Å². The molecule has 590 valence electrons. The number of nitrogens with two attached hydrogens (primary N) is 4. The Morgan fingerprint density at radius 3 is 1.85 bits per heavy atom. The molecule has 20 N–H and O–H groups in total. The van der Waals surface area contributed by atoms with E-state index >= 15 is 0 Å². The number of fused-ring (bicyclic) bond motifs is 2. The third-order valence-electron chi connectivity index (χ3n) is 18.8. The van der Waals surface area contributed by atoms with Crippen LogP contribution in [-0.2, 0) is 105 Å². The maximum absolute atomic E-state index is 14.8. The molecule has 11 atom stereocenters. The van der Waals surface area contributed by atoms with Gasteiger partial charge in [-0.1, -0.05) is 54.4 Å². The van der Waals surface area contributed by atoms with Crippen molar-refractivity contribution in [2.75, 3.05) is 45.2 Å². The first-order chi connectivity index (χ1) is 51.7. The van der Waals surface area contributed by atoms with Crippen LogP contribution in [0.3, 0.4) is 0 Å². The monoisotopic (exact) mass is 1550 g/mol. The predicted molar refractivity (Wildman–Crippen MR) is 398 cm³/mol. The molecule has 15 amide bonds. The minimum atomic E-state index is -1.88. The van der Waals surface area contributed by atoms with Crippen LogP contribution in [0.1, 0.15) is 87.8 Å². The molecule has 0 radical (unpaired) electrons. The fourth-order valence-electron chi connectivity index (χ4n) is 12.7. The molecule has 38 heteroatoms. The van der Waals surface area contributed by atoms with Gasteiger partial charge in [0, 0.05) is 113 Å². The lowest BCUT2D eigenvalue weighted by atomic mass is 9.79. The lowest BCUT2D eigenvalue weighted by Crippen LogP contribution is -2.61. The number of nitrogens with one attached hydrogen (secondary N) is 10. The van der Waals surface area contributed by atoms with Gasteiger partial charge in [-0.3, -0.25) is 82.2 Å². The number of hydrogen-bond acceptors (Lipinski definition) is 20. The number of hydrogen-bond donors (Lipinski definition) is 16. The molecule has 2 fully saturated rings. The number of likely N-dealkylation sites (N-methyl/N-ethyl adjacent to an activating group) is 2. The molecule has 0 bridgehead atoms. The Kier molecular flexibility index (Phi) is 31.7. The minimum absolute atomic E-state index is 0.0623. The van der Waals surface area contributed by atoms with E-state index in [-0.39, 0.29) is 69.3 Å². The van der Waals surface area contributed by atoms with E-state index in [0.717, 1.165) is 34.0 Å². The molecule has 109 heavy (non-hydrogen) atoms. The number of aliphatic hydroxyl groups is 2. The summed E-state index contributed by atoms with van der Waals surface area (Å²) in [5.41, 5.74) is 25.1. The van der Waals surface area contributed by atoms with E-state index in [1.54, 1.807) is 84.2 Å². The van der Waals surface area contributed by atoms with Gasteiger partial charge in [-0.05, 0) is 86.3 Å². The Labute approximate surface area is 636 Å². The second-order valence-electron chi connectivity index (χ2n) is 27.2. The van der Waals surface area contributed by atoms with Crippen LogP contribution >= 0.6 is 23.4 Å². The molecule has 36 nitrogen and oxygen atoms in total. The number of pyridine rings is 1. The lowest BCUT2D eigenvalue weighted by Gasteiger charge is -2.35. The van der Waals surface area contributed by atoms with Crippen molar-refractivity contribution in [3.8, 4) is 0 Å². The molecule has 3 aromatic heterocycles. The molecule has 0 spiro atoms. The van der Waals surface area contributed by atoms with Gasteiger partial charge in [0.15, 0.2) is 0 Å². The number of nitrogens with zero attached hydrogens (tertiary/aromatic N) is 5. The third-order valence-corrected chi connectivity index (χ3v) is 20.2. The Morgan fingerprint density at radius 1 is 0.615 bits per heavy atom. The van der Waals surface area contributed by atoms with E-state index in [4.69, 9.17) is 34.5 Å². The molecule has 1 aliphatic carbocycles.